The minimum atomic E-state index is -0.253. The number of benzene rings is 2. The third-order valence-corrected chi connectivity index (χ3v) is 7.63. The summed E-state index contributed by atoms with van der Waals surface area (Å²) in [5.41, 5.74) is 5.07. The van der Waals surface area contributed by atoms with Gasteiger partial charge >= 0.3 is 5.97 Å². The lowest BCUT2D eigenvalue weighted by Crippen LogP contribution is -2.14. The zero-order valence-electron chi connectivity index (χ0n) is 17.9. The first-order valence-electron chi connectivity index (χ1n) is 10.9. The van der Waals surface area contributed by atoms with Crippen LogP contribution in [0.4, 0.5) is 5.00 Å². The molecule has 0 saturated heterocycles. The monoisotopic (exact) mass is 460 g/mol. The number of thiazole rings is 1. The van der Waals surface area contributed by atoms with E-state index in [4.69, 9.17) is 9.73 Å². The van der Waals surface area contributed by atoms with Gasteiger partial charge in [-0.15, -0.1) is 22.7 Å². The van der Waals surface area contributed by atoms with E-state index in [2.05, 4.69) is 34.2 Å². The van der Waals surface area contributed by atoms with Crippen LogP contribution in [-0.4, -0.2) is 17.1 Å². The number of aryl methyl sites for hydroxylation is 1. The van der Waals surface area contributed by atoms with Crippen LogP contribution in [0.15, 0.2) is 71.0 Å². The molecule has 6 heteroatoms. The number of thiophene rings is 1. The van der Waals surface area contributed by atoms with E-state index >= 15 is 0 Å². The molecular formula is C26H24N2O2S2. The van der Waals surface area contributed by atoms with Crippen molar-refractivity contribution < 1.29 is 9.53 Å². The SMILES string of the molecule is CCOC(=O)c1c(N=c2scc(-c3ccccc3)n2-c2ccccc2)sc2c1CCCC2. The molecule has 0 aliphatic heterocycles. The van der Waals surface area contributed by atoms with Crippen molar-refractivity contribution in [1.82, 2.24) is 4.57 Å². The summed E-state index contributed by atoms with van der Waals surface area (Å²) < 4.78 is 7.60. The van der Waals surface area contributed by atoms with Crippen molar-refractivity contribution >= 4 is 33.6 Å². The molecule has 4 nitrogen and oxygen atoms in total. The van der Waals surface area contributed by atoms with E-state index < -0.39 is 0 Å². The second-order valence-corrected chi connectivity index (χ2v) is 9.58. The molecule has 162 valence electrons. The maximum absolute atomic E-state index is 12.9. The highest BCUT2D eigenvalue weighted by Gasteiger charge is 2.26. The van der Waals surface area contributed by atoms with Crippen LogP contribution in [0.1, 0.15) is 40.6 Å². The molecule has 0 unspecified atom stereocenters. The van der Waals surface area contributed by atoms with Gasteiger partial charge in [0.1, 0.15) is 5.00 Å². The number of ether oxygens (including phenoxy) is 1. The molecule has 4 aromatic rings. The fraction of sp³-hybridized carbons (Fsp3) is 0.231. The summed E-state index contributed by atoms with van der Waals surface area (Å²) in [6, 6.07) is 20.6. The van der Waals surface area contributed by atoms with Crippen molar-refractivity contribution in [1.29, 1.82) is 0 Å². The molecule has 0 saturated carbocycles. The molecule has 2 aromatic carbocycles. The van der Waals surface area contributed by atoms with E-state index in [-0.39, 0.29) is 5.97 Å². The summed E-state index contributed by atoms with van der Waals surface area (Å²) in [7, 11) is 0. The Labute approximate surface area is 195 Å². The molecule has 0 bridgehead atoms. The van der Waals surface area contributed by atoms with Crippen LogP contribution in [0, 0.1) is 0 Å². The zero-order chi connectivity index (χ0) is 21.9. The van der Waals surface area contributed by atoms with Crippen LogP contribution in [0.2, 0.25) is 0 Å². The molecule has 0 N–H and O–H groups in total. The Hall–Kier alpha value is -2.96. The molecule has 0 atom stereocenters. The molecule has 0 fully saturated rings. The number of rotatable bonds is 5. The first-order valence-corrected chi connectivity index (χ1v) is 12.6. The highest BCUT2D eigenvalue weighted by Crippen LogP contribution is 2.40. The molecule has 2 aromatic heterocycles. The smallest absolute Gasteiger partial charge is 0.341 e. The van der Waals surface area contributed by atoms with Crippen molar-refractivity contribution in [3.63, 3.8) is 0 Å². The van der Waals surface area contributed by atoms with Crippen LogP contribution in [-0.2, 0) is 17.6 Å². The fourth-order valence-corrected chi connectivity index (χ4v) is 6.37. The lowest BCUT2D eigenvalue weighted by molar-refractivity contribution is 0.0526. The number of carbonyl (C=O) groups excluding carboxylic acids is 1. The number of nitrogens with zero attached hydrogens (tertiary/aromatic N) is 2. The van der Waals surface area contributed by atoms with Crippen LogP contribution in [0.5, 0.6) is 0 Å². The van der Waals surface area contributed by atoms with Gasteiger partial charge in [-0.05, 0) is 55.9 Å². The maximum atomic E-state index is 12.9. The Morgan fingerprint density at radius 1 is 1.03 bits per heavy atom. The Balaban J connectivity index is 1.73. The molecule has 32 heavy (non-hydrogen) atoms. The van der Waals surface area contributed by atoms with Crippen molar-refractivity contribution in [3.8, 4) is 16.9 Å². The van der Waals surface area contributed by atoms with Gasteiger partial charge in [0, 0.05) is 15.9 Å². The van der Waals surface area contributed by atoms with Crippen LogP contribution in [0.25, 0.3) is 16.9 Å². The van der Waals surface area contributed by atoms with Gasteiger partial charge in [-0.25, -0.2) is 9.79 Å². The van der Waals surface area contributed by atoms with Gasteiger partial charge in [0.05, 0.1) is 17.9 Å². The molecular weight excluding hydrogens is 436 g/mol. The van der Waals surface area contributed by atoms with E-state index in [9.17, 15) is 4.79 Å². The van der Waals surface area contributed by atoms with E-state index in [0.717, 1.165) is 58.0 Å². The molecule has 0 amide bonds. The maximum Gasteiger partial charge on any atom is 0.341 e. The largest absolute Gasteiger partial charge is 0.462 e. The Bertz CT molecular complexity index is 1300. The second-order valence-electron chi connectivity index (χ2n) is 7.66. The topological polar surface area (TPSA) is 43.6 Å². The predicted molar refractivity (Wildman–Crippen MR) is 131 cm³/mol. The normalized spacial score (nSPS) is 13.7. The molecule has 1 aliphatic rings. The number of para-hydroxylation sites is 1. The standard InChI is InChI=1S/C26H24N2O2S2/c1-2-30-25(29)23-20-15-9-10-16-22(20)32-24(23)27-26-28(19-13-7-4-8-14-19)21(17-31-26)18-11-5-3-6-12-18/h3-8,11-14,17H,2,9-10,15-16H2,1H3. The molecule has 5 rings (SSSR count). The average molecular weight is 461 g/mol. The fourth-order valence-electron chi connectivity index (χ4n) is 4.16. The van der Waals surface area contributed by atoms with Gasteiger partial charge in [0.25, 0.3) is 0 Å². The number of hydrogen-bond donors (Lipinski definition) is 0. The van der Waals surface area contributed by atoms with Gasteiger partial charge in [-0.2, -0.15) is 0 Å². The summed E-state index contributed by atoms with van der Waals surface area (Å²) in [5.74, 6) is -0.253. The highest BCUT2D eigenvalue weighted by molar-refractivity contribution is 7.16. The van der Waals surface area contributed by atoms with Gasteiger partial charge in [-0.1, -0.05) is 48.5 Å². The molecule has 0 radical (unpaired) electrons. The quantitative estimate of drug-likeness (QED) is 0.317. The lowest BCUT2D eigenvalue weighted by Gasteiger charge is -2.12. The number of carbonyl (C=O) groups is 1. The summed E-state index contributed by atoms with van der Waals surface area (Å²) in [4.78, 5) is 20.1. The van der Waals surface area contributed by atoms with E-state index in [1.165, 1.54) is 4.88 Å². The lowest BCUT2D eigenvalue weighted by atomic mass is 9.95. The summed E-state index contributed by atoms with van der Waals surface area (Å²) >= 11 is 3.24. The van der Waals surface area contributed by atoms with Crippen molar-refractivity contribution in [2.45, 2.75) is 32.6 Å². The number of fused-ring (bicyclic) bond motifs is 1. The van der Waals surface area contributed by atoms with Crippen molar-refractivity contribution in [3.05, 3.63) is 86.8 Å². The first kappa shape index (κ1) is 20.9. The number of hydrogen-bond acceptors (Lipinski definition) is 5. The third kappa shape index (κ3) is 3.96. The predicted octanol–water partition coefficient (Wildman–Crippen LogP) is 6.56. The van der Waals surface area contributed by atoms with Crippen molar-refractivity contribution in [2.24, 2.45) is 4.99 Å². The van der Waals surface area contributed by atoms with Gasteiger partial charge in [0.15, 0.2) is 4.80 Å². The molecule has 2 heterocycles. The van der Waals surface area contributed by atoms with Gasteiger partial charge in [0.2, 0.25) is 0 Å². The molecule has 0 spiro atoms. The van der Waals surface area contributed by atoms with E-state index in [1.54, 1.807) is 22.7 Å². The number of aromatic nitrogens is 1. The Morgan fingerprint density at radius 2 is 1.75 bits per heavy atom. The number of esters is 1. The summed E-state index contributed by atoms with van der Waals surface area (Å²) in [6.45, 7) is 2.21. The van der Waals surface area contributed by atoms with Gasteiger partial charge in [-0.3, -0.25) is 4.57 Å². The van der Waals surface area contributed by atoms with Crippen molar-refractivity contribution in [2.75, 3.05) is 6.61 Å². The Kier molecular flexibility index (Phi) is 6.06. The van der Waals surface area contributed by atoms with Crippen LogP contribution in [0.3, 0.4) is 0 Å². The third-order valence-electron chi connectivity index (χ3n) is 5.62. The van der Waals surface area contributed by atoms with E-state index in [0.29, 0.717) is 12.2 Å². The second kappa shape index (κ2) is 9.27. The minimum Gasteiger partial charge on any atom is -0.462 e. The zero-order valence-corrected chi connectivity index (χ0v) is 19.5. The molecule has 1 aliphatic carbocycles. The van der Waals surface area contributed by atoms with E-state index in [1.807, 2.05) is 43.3 Å². The van der Waals surface area contributed by atoms with Crippen LogP contribution >= 0.6 is 22.7 Å². The minimum absolute atomic E-state index is 0.253. The average Bonchev–Trinajstić information content (AvgIpc) is 3.42. The van der Waals surface area contributed by atoms with Crippen LogP contribution < -0.4 is 4.80 Å². The Morgan fingerprint density at radius 3 is 2.50 bits per heavy atom. The summed E-state index contributed by atoms with van der Waals surface area (Å²) in [5, 5.41) is 2.90. The summed E-state index contributed by atoms with van der Waals surface area (Å²) in [6.07, 6.45) is 4.21. The first-order chi connectivity index (χ1) is 15.8. The van der Waals surface area contributed by atoms with Gasteiger partial charge < -0.3 is 4.74 Å². The highest BCUT2D eigenvalue weighted by atomic mass is 32.1.